The Labute approximate surface area is 184 Å². The maximum Gasteiger partial charge on any atom is 1.00 e. The molecule has 1 aromatic carbocycles. The molecule has 0 spiro atoms. The van der Waals surface area contributed by atoms with Gasteiger partial charge in [0.1, 0.15) is 0 Å². The fourth-order valence-electron chi connectivity index (χ4n) is 0.787. The standard InChI is InChI=1S/C8H10O2.3BF4.K.H/c1-9-7-5-3-4-6-8(7)10-2;3*2-1(3,4)5;;/h3-6H,1-2H3;;;;;/q;3*-1;+1;-1. The van der Waals surface area contributed by atoms with Crippen LogP contribution >= 0.6 is 0 Å². The molecule has 0 aliphatic carbocycles. The van der Waals surface area contributed by atoms with Crippen LogP contribution in [0.15, 0.2) is 24.3 Å². The van der Waals surface area contributed by atoms with Crippen LogP contribution in [-0.4, -0.2) is 36.0 Å². The summed E-state index contributed by atoms with van der Waals surface area (Å²) in [6, 6.07) is 7.53. The summed E-state index contributed by atoms with van der Waals surface area (Å²) in [7, 11) is -14.8. The van der Waals surface area contributed by atoms with Crippen molar-refractivity contribution in [3.8, 4) is 11.5 Å². The van der Waals surface area contributed by atoms with Crippen LogP contribution in [-0.2, 0) is 0 Å². The van der Waals surface area contributed by atoms with Crippen molar-refractivity contribution in [3.05, 3.63) is 24.3 Å². The number of para-hydroxylation sites is 2. The van der Waals surface area contributed by atoms with Crippen LogP contribution in [0.25, 0.3) is 0 Å². The first-order valence-electron chi connectivity index (χ1n) is 5.67. The Morgan fingerprint density at radius 1 is 0.577 bits per heavy atom. The third-order valence-electron chi connectivity index (χ3n) is 1.29. The predicted molar refractivity (Wildman–Crippen MR) is 71.2 cm³/mol. The summed E-state index contributed by atoms with van der Waals surface area (Å²) < 4.78 is 127. The SMILES string of the molecule is COc1ccccc1OC.F[B-](F)(F)F.F[B-](F)(F)F.F[B-](F)(F)F.[H-].[K+]. The van der Waals surface area contributed by atoms with E-state index in [-0.39, 0.29) is 52.8 Å². The van der Waals surface area contributed by atoms with Crippen LogP contribution in [0.2, 0.25) is 0 Å². The number of rotatable bonds is 2. The first-order chi connectivity index (χ1) is 10.9. The second kappa shape index (κ2) is 15.8. The first kappa shape index (κ1) is 33.4. The van der Waals surface area contributed by atoms with Gasteiger partial charge in [-0.05, 0) is 12.1 Å². The van der Waals surface area contributed by atoms with Crippen LogP contribution in [0.5, 0.6) is 11.5 Å². The van der Waals surface area contributed by atoms with E-state index < -0.39 is 21.8 Å². The number of halogens is 12. The molecule has 18 heteroatoms. The Hall–Kier alpha value is -0.189. The Kier molecular flexibility index (Phi) is 20.3. The molecule has 0 saturated carbocycles. The van der Waals surface area contributed by atoms with Crippen LogP contribution in [0.4, 0.5) is 51.8 Å². The molecule has 0 heterocycles. The molecule has 2 nitrogen and oxygen atoms in total. The minimum atomic E-state index is -6.00. The zero-order chi connectivity index (χ0) is 20.9. The summed E-state index contributed by atoms with van der Waals surface area (Å²) in [4.78, 5) is 0. The van der Waals surface area contributed by atoms with Crippen LogP contribution < -0.4 is 60.9 Å². The molecule has 0 N–H and O–H groups in total. The molecule has 0 amide bonds. The maximum absolute atomic E-state index is 9.75. The molecule has 0 aliphatic rings. The third-order valence-corrected chi connectivity index (χ3v) is 1.29. The van der Waals surface area contributed by atoms with E-state index in [1.54, 1.807) is 14.2 Å². The second-order valence-electron chi connectivity index (χ2n) is 3.34. The number of hydrogen-bond donors (Lipinski definition) is 0. The normalized spacial score (nSPS) is 10.4. The quantitative estimate of drug-likeness (QED) is 0.522. The van der Waals surface area contributed by atoms with E-state index in [0.29, 0.717) is 0 Å². The van der Waals surface area contributed by atoms with Gasteiger partial charge in [-0.2, -0.15) is 0 Å². The fourth-order valence-corrected chi connectivity index (χ4v) is 0.787. The summed E-state index contributed by atoms with van der Waals surface area (Å²) in [5.74, 6) is 1.54. The molecular formula is C8H11B3F12KO2-3. The number of hydrogen-bond acceptors (Lipinski definition) is 2. The minimum Gasteiger partial charge on any atom is -1.00 e. The number of ether oxygens (including phenoxy) is 2. The predicted octanol–water partition coefficient (Wildman–Crippen LogP) is 2.72. The monoisotopic (exact) mass is 439 g/mol. The van der Waals surface area contributed by atoms with E-state index in [2.05, 4.69) is 0 Å². The van der Waals surface area contributed by atoms with Crippen molar-refractivity contribution in [1.29, 1.82) is 0 Å². The fraction of sp³-hybridized carbons (Fsp3) is 0.250. The molecule has 0 atom stereocenters. The van der Waals surface area contributed by atoms with Gasteiger partial charge in [-0.25, -0.2) is 0 Å². The Balaban J connectivity index is -0.0000000831. The van der Waals surface area contributed by atoms with E-state index in [1.807, 2.05) is 24.3 Å². The molecule has 0 aromatic heterocycles. The molecule has 0 saturated heterocycles. The summed E-state index contributed by atoms with van der Waals surface area (Å²) in [5, 5.41) is 0. The Bertz CT molecular complexity index is 390. The largest absolute Gasteiger partial charge is 1.00 e. The molecule has 152 valence electrons. The average Bonchev–Trinajstić information content (AvgIpc) is 2.32. The molecule has 1 aromatic rings. The van der Waals surface area contributed by atoms with E-state index in [9.17, 15) is 51.8 Å². The Morgan fingerprint density at radius 2 is 0.731 bits per heavy atom. The molecule has 0 aliphatic heterocycles. The first-order valence-corrected chi connectivity index (χ1v) is 5.67. The third kappa shape index (κ3) is 56.5. The number of benzene rings is 1. The van der Waals surface area contributed by atoms with Crippen molar-refractivity contribution in [1.82, 2.24) is 0 Å². The molecule has 26 heavy (non-hydrogen) atoms. The van der Waals surface area contributed by atoms with E-state index in [0.717, 1.165) is 11.5 Å². The zero-order valence-corrected chi connectivity index (χ0v) is 16.5. The van der Waals surface area contributed by atoms with Gasteiger partial charge in [-0.15, -0.1) is 0 Å². The van der Waals surface area contributed by atoms with Gasteiger partial charge in [0.15, 0.2) is 11.5 Å². The smallest absolute Gasteiger partial charge is 1.00 e. The van der Waals surface area contributed by atoms with Crippen LogP contribution in [0.3, 0.4) is 0 Å². The average molecular weight is 439 g/mol. The summed E-state index contributed by atoms with van der Waals surface area (Å²) in [5.41, 5.74) is 0. The van der Waals surface area contributed by atoms with Gasteiger partial charge in [0, 0.05) is 0 Å². The van der Waals surface area contributed by atoms with E-state index in [4.69, 9.17) is 9.47 Å². The zero-order valence-electron chi connectivity index (χ0n) is 14.4. The molecule has 0 radical (unpaired) electrons. The molecule has 0 bridgehead atoms. The van der Waals surface area contributed by atoms with E-state index in [1.165, 1.54) is 0 Å². The van der Waals surface area contributed by atoms with Gasteiger partial charge < -0.3 is 62.7 Å². The van der Waals surface area contributed by atoms with Gasteiger partial charge in [0.25, 0.3) is 0 Å². The second-order valence-corrected chi connectivity index (χ2v) is 3.34. The van der Waals surface area contributed by atoms with Crippen LogP contribution in [0, 0.1) is 0 Å². The van der Waals surface area contributed by atoms with Crippen molar-refractivity contribution >= 4 is 21.8 Å². The summed E-state index contributed by atoms with van der Waals surface area (Å²) in [6.45, 7) is 0. The summed E-state index contributed by atoms with van der Waals surface area (Å²) in [6.07, 6.45) is 0. The van der Waals surface area contributed by atoms with Gasteiger partial charge in [0.2, 0.25) is 0 Å². The molecule has 1 rings (SSSR count). The Morgan fingerprint density at radius 3 is 0.846 bits per heavy atom. The van der Waals surface area contributed by atoms with Gasteiger partial charge in [-0.3, -0.25) is 0 Å². The molecular weight excluding hydrogens is 428 g/mol. The minimum absolute atomic E-state index is 0. The van der Waals surface area contributed by atoms with Crippen molar-refractivity contribution < 1.29 is 114 Å². The van der Waals surface area contributed by atoms with Crippen molar-refractivity contribution in [3.63, 3.8) is 0 Å². The van der Waals surface area contributed by atoms with Gasteiger partial charge >= 0.3 is 73.1 Å². The maximum atomic E-state index is 9.75. The topological polar surface area (TPSA) is 18.5 Å². The van der Waals surface area contributed by atoms with Crippen LogP contribution in [0.1, 0.15) is 1.43 Å². The molecule has 0 fully saturated rings. The van der Waals surface area contributed by atoms with Crippen molar-refractivity contribution in [2.75, 3.05) is 14.2 Å². The van der Waals surface area contributed by atoms with Gasteiger partial charge in [0.05, 0.1) is 14.2 Å². The number of methoxy groups -OCH3 is 2. The van der Waals surface area contributed by atoms with Gasteiger partial charge in [-0.1, -0.05) is 12.1 Å². The van der Waals surface area contributed by atoms with Crippen molar-refractivity contribution in [2.24, 2.45) is 0 Å². The van der Waals surface area contributed by atoms with E-state index >= 15 is 0 Å². The molecule has 0 unspecified atom stereocenters. The van der Waals surface area contributed by atoms with Crippen molar-refractivity contribution in [2.45, 2.75) is 0 Å². The summed E-state index contributed by atoms with van der Waals surface area (Å²) >= 11 is 0.